The Morgan fingerprint density at radius 3 is 1.24 bits per heavy atom. The van der Waals surface area contributed by atoms with Crippen molar-refractivity contribution in [1.82, 2.24) is 18.4 Å². The first-order valence-electron chi connectivity index (χ1n) is 16.1. The largest absolute Gasteiger partial charge is 0.378 e. The fourth-order valence-electron chi connectivity index (χ4n) is 5.24. The maximum atomic E-state index is 14.1. The minimum absolute atomic E-state index is 0.0410. The molecule has 2 bridgehead atoms. The summed E-state index contributed by atoms with van der Waals surface area (Å²) < 4.78 is 71.0. The van der Waals surface area contributed by atoms with E-state index in [0.29, 0.717) is 52.6 Å². The topological polar surface area (TPSA) is 99.7 Å². The van der Waals surface area contributed by atoms with Crippen LogP contribution < -0.4 is 0 Å². The summed E-state index contributed by atoms with van der Waals surface area (Å²) in [6.07, 6.45) is 0. The summed E-state index contributed by atoms with van der Waals surface area (Å²) in [6.45, 7) is 10.5. The zero-order chi connectivity index (χ0) is 32.8. The summed E-state index contributed by atoms with van der Waals surface area (Å²) in [5.41, 5.74) is 1.94. The molecule has 3 fully saturated rings. The van der Waals surface area contributed by atoms with Gasteiger partial charge in [-0.05, 0) is 38.1 Å². The second-order valence-corrected chi connectivity index (χ2v) is 17.9. The number of aryl methyl sites for hydroxylation is 2. The monoisotopic (exact) mass is 714 g/mol. The highest BCUT2D eigenvalue weighted by molar-refractivity contribution is 8.02. The lowest BCUT2D eigenvalue weighted by Crippen LogP contribution is -2.46. The zero-order valence-electron chi connectivity index (χ0n) is 27.2. The summed E-state index contributed by atoms with van der Waals surface area (Å²) >= 11 is 3.85. The van der Waals surface area contributed by atoms with Crippen LogP contribution in [0.25, 0.3) is 0 Å². The van der Waals surface area contributed by atoms with Gasteiger partial charge in [-0.1, -0.05) is 35.4 Å². The summed E-state index contributed by atoms with van der Waals surface area (Å²) in [6, 6.07) is 13.7. The van der Waals surface area contributed by atoms with Crippen molar-refractivity contribution in [3.05, 3.63) is 59.7 Å². The molecule has 0 amide bonds. The quantitative estimate of drug-likeness (QED) is 0.470. The first kappa shape index (κ1) is 37.6. The van der Waals surface area contributed by atoms with E-state index in [-0.39, 0.29) is 36.0 Å². The molecule has 14 heteroatoms. The van der Waals surface area contributed by atoms with Gasteiger partial charge in [-0.2, -0.15) is 32.1 Å². The van der Waals surface area contributed by atoms with Gasteiger partial charge < -0.3 is 9.47 Å². The second kappa shape index (κ2) is 19.1. The van der Waals surface area contributed by atoms with Crippen LogP contribution in [0.4, 0.5) is 0 Å². The third-order valence-corrected chi connectivity index (χ3v) is 14.2. The molecule has 2 aromatic rings. The van der Waals surface area contributed by atoms with E-state index >= 15 is 0 Å². The van der Waals surface area contributed by atoms with Gasteiger partial charge in [-0.3, -0.25) is 9.80 Å². The SMILES string of the molecule is Cc1ccc(S(=O)(=O)N2CCN3CCOCCOCCN(CCSCCSCC3)CCN(S(=O)(=O)c3ccc(C)cc3)CC2)cc1. The van der Waals surface area contributed by atoms with Gasteiger partial charge in [0.25, 0.3) is 0 Å². The molecule has 3 aliphatic heterocycles. The van der Waals surface area contributed by atoms with E-state index in [9.17, 15) is 16.8 Å². The lowest BCUT2D eigenvalue weighted by molar-refractivity contribution is 0.0312. The van der Waals surface area contributed by atoms with Gasteiger partial charge in [-0.15, -0.1) is 0 Å². The van der Waals surface area contributed by atoms with E-state index in [1.54, 1.807) is 48.5 Å². The minimum atomic E-state index is -3.89. The Hall–Kier alpha value is -1.20. The van der Waals surface area contributed by atoms with Gasteiger partial charge in [0.2, 0.25) is 20.0 Å². The lowest BCUT2D eigenvalue weighted by Gasteiger charge is -2.31. The smallest absolute Gasteiger partial charge is 0.243 e. The third kappa shape index (κ3) is 11.7. The van der Waals surface area contributed by atoms with Crippen molar-refractivity contribution in [3.8, 4) is 0 Å². The van der Waals surface area contributed by atoms with Crippen LogP contribution >= 0.6 is 23.5 Å². The van der Waals surface area contributed by atoms with Crippen LogP contribution in [0.3, 0.4) is 0 Å². The van der Waals surface area contributed by atoms with E-state index in [1.807, 2.05) is 37.4 Å². The number of nitrogens with zero attached hydrogens (tertiary/aromatic N) is 4. The summed E-state index contributed by atoms with van der Waals surface area (Å²) in [7, 11) is -7.77. The zero-order valence-corrected chi connectivity index (χ0v) is 30.5. The Bertz CT molecular complexity index is 1270. The van der Waals surface area contributed by atoms with E-state index in [4.69, 9.17) is 9.47 Å². The predicted octanol–water partition coefficient (Wildman–Crippen LogP) is 3.12. The van der Waals surface area contributed by atoms with Gasteiger partial charge in [0, 0.05) is 88.5 Å². The highest BCUT2D eigenvalue weighted by Gasteiger charge is 2.30. The maximum absolute atomic E-state index is 14.1. The normalized spacial score (nSPS) is 23.9. The van der Waals surface area contributed by atoms with Crippen LogP contribution in [-0.2, 0) is 29.5 Å². The highest BCUT2D eigenvalue weighted by atomic mass is 32.2. The molecule has 3 heterocycles. The molecule has 2 atom stereocenters. The van der Waals surface area contributed by atoms with Gasteiger partial charge in [0.1, 0.15) is 0 Å². The molecule has 3 aliphatic rings. The standard InChI is InChI=1S/C32H50N4O6S4/c1-29-3-7-31(8-4-29)45(37,38)35-13-11-33-17-21-41-23-24-42-22-18-34(20-26-44-28-27-43-25-19-33)12-14-36(16-15-35)46(39,40)32-9-5-30(2)6-10-32/h3-10H,11-28H2,1-2H3. The molecular weight excluding hydrogens is 665 g/mol. The van der Waals surface area contributed by atoms with E-state index in [2.05, 4.69) is 9.80 Å². The molecule has 258 valence electrons. The van der Waals surface area contributed by atoms with Crippen LogP contribution in [0.5, 0.6) is 0 Å². The molecule has 3 saturated heterocycles. The number of hydrogen-bond donors (Lipinski definition) is 0. The number of rotatable bonds is 4. The fraction of sp³-hybridized carbons (Fsp3) is 0.625. The maximum Gasteiger partial charge on any atom is 0.243 e. The Labute approximate surface area is 285 Å². The van der Waals surface area contributed by atoms with E-state index < -0.39 is 20.0 Å². The van der Waals surface area contributed by atoms with Crippen LogP contribution in [-0.4, -0.2) is 150 Å². The lowest BCUT2D eigenvalue weighted by atomic mass is 10.2. The number of ether oxygens (including phenoxy) is 2. The van der Waals surface area contributed by atoms with Crippen molar-refractivity contribution in [2.24, 2.45) is 0 Å². The molecule has 2 aromatic carbocycles. The molecule has 0 radical (unpaired) electrons. The van der Waals surface area contributed by atoms with Crippen molar-refractivity contribution < 1.29 is 26.3 Å². The molecular formula is C32H50N4O6S4. The molecule has 46 heavy (non-hydrogen) atoms. The number of hydrogen-bond acceptors (Lipinski definition) is 10. The summed E-state index contributed by atoms with van der Waals surface area (Å²) in [4.78, 5) is 4.93. The molecule has 10 nitrogen and oxygen atoms in total. The van der Waals surface area contributed by atoms with Crippen LogP contribution in [0.2, 0.25) is 0 Å². The first-order chi connectivity index (χ1) is 22.2. The number of benzene rings is 2. The van der Waals surface area contributed by atoms with Gasteiger partial charge in [0.05, 0.1) is 36.2 Å². The molecule has 0 saturated carbocycles. The Morgan fingerprint density at radius 1 is 0.478 bits per heavy atom. The summed E-state index contributed by atoms with van der Waals surface area (Å²) in [5.74, 6) is 4.00. The molecule has 2 unspecified atom stereocenters. The Morgan fingerprint density at radius 2 is 0.848 bits per heavy atom. The number of fused-ring (bicyclic) bond motifs is 21. The van der Waals surface area contributed by atoms with Crippen LogP contribution in [0, 0.1) is 13.8 Å². The van der Waals surface area contributed by atoms with Crippen molar-refractivity contribution in [1.29, 1.82) is 0 Å². The Kier molecular flexibility index (Phi) is 15.6. The van der Waals surface area contributed by atoms with Crippen LogP contribution in [0.1, 0.15) is 11.1 Å². The Balaban J connectivity index is 1.68. The van der Waals surface area contributed by atoms with Gasteiger partial charge in [0.15, 0.2) is 0 Å². The van der Waals surface area contributed by atoms with Crippen LogP contribution in [0.15, 0.2) is 58.3 Å². The first-order valence-corrected chi connectivity index (χ1v) is 21.2. The van der Waals surface area contributed by atoms with Crippen molar-refractivity contribution in [2.45, 2.75) is 23.6 Å². The van der Waals surface area contributed by atoms with E-state index in [0.717, 1.165) is 47.2 Å². The van der Waals surface area contributed by atoms with Gasteiger partial charge in [-0.25, -0.2) is 16.8 Å². The molecule has 0 aliphatic carbocycles. The minimum Gasteiger partial charge on any atom is -0.378 e. The van der Waals surface area contributed by atoms with Crippen molar-refractivity contribution in [2.75, 3.05) is 115 Å². The average Bonchev–Trinajstić information content (AvgIpc) is 3.03. The summed E-state index contributed by atoms with van der Waals surface area (Å²) in [5, 5.41) is 0. The molecule has 0 N–H and O–H groups in total. The molecule has 0 spiro atoms. The highest BCUT2D eigenvalue weighted by Crippen LogP contribution is 2.20. The third-order valence-electron chi connectivity index (χ3n) is 8.20. The molecule has 0 aromatic heterocycles. The second-order valence-electron chi connectivity index (χ2n) is 11.6. The fourth-order valence-corrected chi connectivity index (χ4v) is 10.2. The number of thioether (sulfide) groups is 2. The van der Waals surface area contributed by atoms with Gasteiger partial charge >= 0.3 is 0 Å². The van der Waals surface area contributed by atoms with Crippen molar-refractivity contribution in [3.63, 3.8) is 0 Å². The van der Waals surface area contributed by atoms with Crippen molar-refractivity contribution >= 4 is 43.6 Å². The van der Waals surface area contributed by atoms with E-state index in [1.165, 1.54) is 8.61 Å². The number of sulfonamides is 2. The predicted molar refractivity (Wildman–Crippen MR) is 189 cm³/mol. The molecule has 5 rings (SSSR count). The average molecular weight is 715 g/mol.